The highest BCUT2D eigenvalue weighted by atomic mass is 16.1. The Balaban J connectivity index is 2.39. The molecular formula is C10H16N2O. The van der Waals surface area contributed by atoms with Gasteiger partial charge in [-0.1, -0.05) is 12.8 Å². The minimum atomic E-state index is 0.178. The van der Waals surface area contributed by atoms with E-state index in [1.165, 1.54) is 31.4 Å². The Kier molecular flexibility index (Phi) is 2.25. The molecule has 1 aliphatic carbocycles. The first-order valence-electron chi connectivity index (χ1n) is 5.06. The van der Waals surface area contributed by atoms with E-state index in [1.54, 1.807) is 11.7 Å². The topological polar surface area (TPSA) is 37.8 Å². The number of nitrogens with zero attached hydrogens (tertiary/aromatic N) is 1. The highest BCUT2D eigenvalue weighted by Gasteiger charge is 2.13. The van der Waals surface area contributed by atoms with Gasteiger partial charge in [0.2, 0.25) is 0 Å². The third kappa shape index (κ3) is 1.55. The van der Waals surface area contributed by atoms with Gasteiger partial charge in [-0.25, -0.2) is 0 Å². The molecule has 0 radical (unpaired) electrons. The highest BCUT2D eigenvalue weighted by molar-refractivity contribution is 5.18. The Bertz CT molecular complexity index is 348. The number of hydrogen-bond donors (Lipinski definition) is 1. The van der Waals surface area contributed by atoms with Gasteiger partial charge in [-0.05, 0) is 25.7 Å². The van der Waals surface area contributed by atoms with E-state index in [2.05, 4.69) is 5.10 Å². The van der Waals surface area contributed by atoms with Gasteiger partial charge in [0.15, 0.2) is 0 Å². The predicted molar refractivity (Wildman–Crippen MR) is 51.9 cm³/mol. The van der Waals surface area contributed by atoms with Crippen molar-refractivity contribution in [2.24, 2.45) is 7.05 Å². The van der Waals surface area contributed by atoms with E-state index in [9.17, 15) is 4.79 Å². The van der Waals surface area contributed by atoms with Gasteiger partial charge >= 0.3 is 0 Å². The van der Waals surface area contributed by atoms with Crippen LogP contribution in [0.4, 0.5) is 0 Å². The van der Waals surface area contributed by atoms with Crippen LogP contribution in [0.25, 0.3) is 0 Å². The molecular weight excluding hydrogens is 164 g/mol. The van der Waals surface area contributed by atoms with Crippen molar-refractivity contribution in [2.75, 3.05) is 0 Å². The Morgan fingerprint density at radius 2 is 1.85 bits per heavy atom. The van der Waals surface area contributed by atoms with E-state index < -0.39 is 0 Å². The van der Waals surface area contributed by atoms with E-state index in [-0.39, 0.29) is 5.56 Å². The lowest BCUT2D eigenvalue weighted by Crippen LogP contribution is -2.15. The zero-order valence-electron chi connectivity index (χ0n) is 8.10. The minimum absolute atomic E-state index is 0.178. The van der Waals surface area contributed by atoms with Crippen molar-refractivity contribution in [1.82, 2.24) is 9.78 Å². The third-order valence-corrected chi connectivity index (χ3v) is 2.83. The molecule has 3 nitrogen and oxygen atoms in total. The number of fused-ring (bicyclic) bond motifs is 1. The quantitative estimate of drug-likeness (QED) is 0.643. The molecule has 1 aromatic heterocycles. The third-order valence-electron chi connectivity index (χ3n) is 2.83. The molecule has 1 N–H and O–H groups in total. The summed E-state index contributed by atoms with van der Waals surface area (Å²) in [6.07, 6.45) is 6.97. The Hall–Kier alpha value is -0.990. The molecule has 13 heavy (non-hydrogen) atoms. The zero-order chi connectivity index (χ0) is 9.26. The first-order chi connectivity index (χ1) is 6.29. The molecule has 0 spiro atoms. The molecule has 0 bridgehead atoms. The fourth-order valence-corrected chi connectivity index (χ4v) is 2.07. The van der Waals surface area contributed by atoms with Crippen LogP contribution in [-0.2, 0) is 19.9 Å². The van der Waals surface area contributed by atoms with E-state index in [1.807, 2.05) is 0 Å². The molecule has 1 aliphatic rings. The monoisotopic (exact) mass is 180 g/mol. The summed E-state index contributed by atoms with van der Waals surface area (Å²) in [5, 5.41) is 3.14. The number of aromatic nitrogens is 2. The first-order valence-corrected chi connectivity index (χ1v) is 5.06. The van der Waals surface area contributed by atoms with Crippen molar-refractivity contribution in [2.45, 2.75) is 38.5 Å². The summed E-state index contributed by atoms with van der Waals surface area (Å²) in [6.45, 7) is 0. The lowest BCUT2D eigenvalue weighted by atomic mass is 9.99. The molecule has 3 heteroatoms. The standard InChI is InChI=1S/C10H16N2O/c1-12-10(13)8-6-4-2-3-5-7-9(8)11-12/h11H,2-7H2,1H3. The molecule has 0 saturated carbocycles. The van der Waals surface area contributed by atoms with E-state index >= 15 is 0 Å². The summed E-state index contributed by atoms with van der Waals surface area (Å²) in [4.78, 5) is 11.6. The molecule has 0 amide bonds. The van der Waals surface area contributed by atoms with E-state index in [4.69, 9.17) is 0 Å². The lowest BCUT2D eigenvalue weighted by Gasteiger charge is -2.06. The Morgan fingerprint density at radius 3 is 2.62 bits per heavy atom. The van der Waals surface area contributed by atoms with E-state index in [0.29, 0.717) is 0 Å². The van der Waals surface area contributed by atoms with Crippen molar-refractivity contribution in [1.29, 1.82) is 0 Å². The summed E-state index contributed by atoms with van der Waals surface area (Å²) in [6, 6.07) is 0. The Morgan fingerprint density at radius 1 is 1.15 bits per heavy atom. The van der Waals surface area contributed by atoms with Crippen molar-refractivity contribution in [3.05, 3.63) is 21.6 Å². The van der Waals surface area contributed by atoms with Gasteiger partial charge in [0.25, 0.3) is 5.56 Å². The van der Waals surface area contributed by atoms with Crippen molar-refractivity contribution < 1.29 is 0 Å². The SMILES string of the molecule is Cn1[nH]c2c(c1=O)CCCCCC2. The number of aryl methyl sites for hydroxylation is 2. The number of aromatic amines is 1. The molecule has 0 aliphatic heterocycles. The predicted octanol–water partition coefficient (Wildman–Crippen LogP) is 1.37. The molecule has 1 aromatic rings. The summed E-state index contributed by atoms with van der Waals surface area (Å²) in [5.74, 6) is 0. The maximum Gasteiger partial charge on any atom is 0.269 e. The largest absolute Gasteiger partial charge is 0.300 e. The summed E-state index contributed by atoms with van der Waals surface area (Å²) >= 11 is 0. The van der Waals surface area contributed by atoms with Crippen LogP contribution in [0.15, 0.2) is 4.79 Å². The van der Waals surface area contributed by atoms with Crippen LogP contribution in [0, 0.1) is 0 Å². The van der Waals surface area contributed by atoms with Gasteiger partial charge in [-0.15, -0.1) is 0 Å². The Labute approximate surface area is 77.7 Å². The number of nitrogens with one attached hydrogen (secondary N) is 1. The van der Waals surface area contributed by atoms with Crippen LogP contribution in [0.5, 0.6) is 0 Å². The fourth-order valence-electron chi connectivity index (χ4n) is 2.07. The van der Waals surface area contributed by atoms with Crippen molar-refractivity contribution >= 4 is 0 Å². The summed E-state index contributed by atoms with van der Waals surface area (Å²) < 4.78 is 1.61. The molecule has 2 rings (SSSR count). The molecule has 0 aromatic carbocycles. The smallest absolute Gasteiger partial charge is 0.269 e. The van der Waals surface area contributed by atoms with Crippen LogP contribution in [0.2, 0.25) is 0 Å². The maximum absolute atomic E-state index is 11.6. The molecule has 0 fully saturated rings. The second-order valence-corrected chi connectivity index (χ2v) is 3.85. The van der Waals surface area contributed by atoms with Gasteiger partial charge in [0.1, 0.15) is 0 Å². The molecule has 1 heterocycles. The molecule has 0 atom stereocenters. The normalized spacial score (nSPS) is 17.6. The van der Waals surface area contributed by atoms with Gasteiger partial charge in [-0.2, -0.15) is 0 Å². The van der Waals surface area contributed by atoms with Crippen LogP contribution in [0.3, 0.4) is 0 Å². The molecule has 72 valence electrons. The second-order valence-electron chi connectivity index (χ2n) is 3.85. The average Bonchev–Trinajstić information content (AvgIpc) is 2.31. The first kappa shape index (κ1) is 8.60. The van der Waals surface area contributed by atoms with Gasteiger partial charge < -0.3 is 0 Å². The minimum Gasteiger partial charge on any atom is -0.300 e. The number of H-pyrrole nitrogens is 1. The van der Waals surface area contributed by atoms with Gasteiger partial charge in [0, 0.05) is 18.3 Å². The average molecular weight is 180 g/mol. The molecule has 0 unspecified atom stereocenters. The maximum atomic E-state index is 11.6. The van der Waals surface area contributed by atoms with Gasteiger partial charge in [-0.3, -0.25) is 14.6 Å². The van der Waals surface area contributed by atoms with Crippen LogP contribution >= 0.6 is 0 Å². The number of rotatable bonds is 0. The van der Waals surface area contributed by atoms with Crippen LogP contribution in [-0.4, -0.2) is 9.78 Å². The summed E-state index contributed by atoms with van der Waals surface area (Å²) in [5.41, 5.74) is 2.38. The van der Waals surface area contributed by atoms with Crippen molar-refractivity contribution in [3.8, 4) is 0 Å². The summed E-state index contributed by atoms with van der Waals surface area (Å²) in [7, 11) is 1.80. The van der Waals surface area contributed by atoms with Crippen molar-refractivity contribution in [3.63, 3.8) is 0 Å². The lowest BCUT2D eigenvalue weighted by molar-refractivity contribution is 0.609. The number of hydrogen-bond acceptors (Lipinski definition) is 1. The second kappa shape index (κ2) is 3.40. The van der Waals surface area contributed by atoms with E-state index in [0.717, 1.165) is 18.4 Å². The molecule has 0 saturated heterocycles. The highest BCUT2D eigenvalue weighted by Crippen LogP contribution is 2.15. The zero-order valence-corrected chi connectivity index (χ0v) is 8.10. The van der Waals surface area contributed by atoms with Crippen LogP contribution < -0.4 is 5.56 Å². The van der Waals surface area contributed by atoms with Crippen LogP contribution in [0.1, 0.15) is 36.9 Å². The van der Waals surface area contributed by atoms with Gasteiger partial charge in [0.05, 0.1) is 0 Å². The fraction of sp³-hybridized carbons (Fsp3) is 0.700.